The molecule has 1 aliphatic heterocycles. The lowest BCUT2D eigenvalue weighted by atomic mass is 10.1. The highest BCUT2D eigenvalue weighted by Crippen LogP contribution is 2.37. The summed E-state index contributed by atoms with van der Waals surface area (Å²) in [7, 11) is 2.14. The summed E-state index contributed by atoms with van der Waals surface area (Å²) in [5.41, 5.74) is 3.66. The molecule has 0 radical (unpaired) electrons. The third-order valence-corrected chi connectivity index (χ3v) is 5.79. The van der Waals surface area contributed by atoms with Crippen LogP contribution in [0.2, 0.25) is 0 Å². The van der Waals surface area contributed by atoms with Crippen LogP contribution in [0.1, 0.15) is 12.8 Å². The number of nitrogens with one attached hydrogen (secondary N) is 1. The minimum absolute atomic E-state index is 0.873. The molecule has 0 atom stereocenters. The Hall–Kier alpha value is -2.20. The van der Waals surface area contributed by atoms with Crippen molar-refractivity contribution in [1.29, 1.82) is 0 Å². The number of para-hydroxylation sites is 1. The van der Waals surface area contributed by atoms with E-state index >= 15 is 0 Å². The van der Waals surface area contributed by atoms with Gasteiger partial charge in [0, 0.05) is 41.6 Å². The van der Waals surface area contributed by atoms with E-state index in [1.807, 2.05) is 11.8 Å². The Labute approximate surface area is 153 Å². The fraction of sp³-hybridized carbons (Fsp3) is 0.286. The van der Waals surface area contributed by atoms with E-state index in [0.29, 0.717) is 0 Å². The van der Waals surface area contributed by atoms with E-state index in [4.69, 9.17) is 4.99 Å². The van der Waals surface area contributed by atoms with Gasteiger partial charge in [-0.2, -0.15) is 0 Å². The molecule has 4 rings (SSSR count). The zero-order chi connectivity index (χ0) is 17.1. The number of fused-ring (bicyclic) bond motifs is 1. The Balaban J connectivity index is 1.57. The smallest absolute Gasteiger partial charge is 0.0987 e. The van der Waals surface area contributed by atoms with Gasteiger partial charge in [0.1, 0.15) is 0 Å². The van der Waals surface area contributed by atoms with Crippen molar-refractivity contribution in [1.82, 2.24) is 9.88 Å². The molecule has 0 amide bonds. The first-order valence-corrected chi connectivity index (χ1v) is 9.85. The van der Waals surface area contributed by atoms with Gasteiger partial charge in [-0.05, 0) is 18.1 Å². The molecule has 1 N–H and O–H groups in total. The lowest BCUT2D eigenvalue weighted by Crippen LogP contribution is -2.19. The van der Waals surface area contributed by atoms with Crippen molar-refractivity contribution in [3.05, 3.63) is 54.6 Å². The number of H-pyrrole nitrogens is 1. The highest BCUT2D eigenvalue weighted by Gasteiger charge is 2.15. The molecule has 0 unspecified atom stereocenters. The SMILES string of the molecule is CN1CCC/C1=N\CCSc1c(-c2ccccc2)[nH]c2ccccc12. The predicted octanol–water partition coefficient (Wildman–Crippen LogP) is 5.05. The largest absolute Gasteiger partial charge is 0.363 e. The van der Waals surface area contributed by atoms with Crippen LogP contribution in [0.5, 0.6) is 0 Å². The van der Waals surface area contributed by atoms with Gasteiger partial charge < -0.3 is 9.88 Å². The maximum atomic E-state index is 4.80. The minimum Gasteiger partial charge on any atom is -0.363 e. The van der Waals surface area contributed by atoms with Gasteiger partial charge in [-0.3, -0.25) is 4.99 Å². The van der Waals surface area contributed by atoms with Crippen molar-refractivity contribution in [2.75, 3.05) is 25.9 Å². The van der Waals surface area contributed by atoms with E-state index in [1.54, 1.807) is 0 Å². The Bertz CT molecular complexity index is 883. The number of benzene rings is 2. The van der Waals surface area contributed by atoms with Crippen molar-refractivity contribution >= 4 is 28.5 Å². The zero-order valence-corrected chi connectivity index (χ0v) is 15.4. The summed E-state index contributed by atoms with van der Waals surface area (Å²) in [6, 6.07) is 19.1. The second-order valence-corrected chi connectivity index (χ2v) is 7.52. The number of aromatic amines is 1. The van der Waals surface area contributed by atoms with E-state index in [1.165, 1.54) is 39.3 Å². The summed E-state index contributed by atoms with van der Waals surface area (Å²) in [5.74, 6) is 2.27. The fourth-order valence-electron chi connectivity index (χ4n) is 3.39. The number of thioether (sulfide) groups is 1. The molecular formula is C21H23N3S. The maximum absolute atomic E-state index is 4.80. The fourth-order valence-corrected chi connectivity index (χ4v) is 4.42. The summed E-state index contributed by atoms with van der Waals surface area (Å²) in [6.45, 7) is 2.02. The molecule has 2 heterocycles. The molecule has 1 saturated heterocycles. The number of rotatable bonds is 5. The first-order chi connectivity index (χ1) is 12.3. The molecule has 2 aromatic carbocycles. The Kier molecular flexibility index (Phi) is 4.79. The van der Waals surface area contributed by atoms with Gasteiger partial charge >= 0.3 is 0 Å². The number of nitrogens with zero attached hydrogens (tertiary/aromatic N) is 2. The van der Waals surface area contributed by atoms with E-state index < -0.39 is 0 Å². The van der Waals surface area contributed by atoms with Crippen LogP contribution in [0, 0.1) is 0 Å². The number of aromatic nitrogens is 1. The van der Waals surface area contributed by atoms with Crippen molar-refractivity contribution < 1.29 is 0 Å². The van der Waals surface area contributed by atoms with Crippen LogP contribution in [-0.4, -0.2) is 41.6 Å². The minimum atomic E-state index is 0.873. The van der Waals surface area contributed by atoms with E-state index in [0.717, 1.165) is 25.3 Å². The van der Waals surface area contributed by atoms with Crippen LogP contribution in [0.25, 0.3) is 22.2 Å². The Morgan fingerprint density at radius 2 is 1.88 bits per heavy atom. The topological polar surface area (TPSA) is 31.4 Å². The van der Waals surface area contributed by atoms with Crippen molar-refractivity contribution in [3.63, 3.8) is 0 Å². The van der Waals surface area contributed by atoms with Crippen LogP contribution < -0.4 is 0 Å². The molecule has 1 aromatic heterocycles. The molecule has 128 valence electrons. The molecule has 3 aromatic rings. The van der Waals surface area contributed by atoms with Gasteiger partial charge in [0.05, 0.1) is 18.1 Å². The molecular weight excluding hydrogens is 326 g/mol. The van der Waals surface area contributed by atoms with Crippen LogP contribution >= 0.6 is 11.8 Å². The molecule has 1 fully saturated rings. The summed E-state index contributed by atoms with van der Waals surface area (Å²) in [6.07, 6.45) is 2.37. The Morgan fingerprint density at radius 1 is 1.08 bits per heavy atom. The average molecular weight is 350 g/mol. The highest BCUT2D eigenvalue weighted by molar-refractivity contribution is 7.99. The lowest BCUT2D eigenvalue weighted by Gasteiger charge is -2.11. The van der Waals surface area contributed by atoms with Crippen LogP contribution in [0.4, 0.5) is 0 Å². The van der Waals surface area contributed by atoms with Gasteiger partial charge in [-0.25, -0.2) is 0 Å². The summed E-state index contributed by atoms with van der Waals surface area (Å²) in [5, 5.41) is 1.30. The maximum Gasteiger partial charge on any atom is 0.0987 e. The molecule has 25 heavy (non-hydrogen) atoms. The molecule has 0 saturated carbocycles. The van der Waals surface area contributed by atoms with Gasteiger partial charge in [0.15, 0.2) is 0 Å². The lowest BCUT2D eigenvalue weighted by molar-refractivity contribution is 0.548. The average Bonchev–Trinajstić information content (AvgIpc) is 3.23. The van der Waals surface area contributed by atoms with Gasteiger partial charge in [0.2, 0.25) is 0 Å². The van der Waals surface area contributed by atoms with Gasteiger partial charge in [0.25, 0.3) is 0 Å². The Morgan fingerprint density at radius 3 is 2.68 bits per heavy atom. The third kappa shape index (κ3) is 3.45. The first-order valence-electron chi connectivity index (χ1n) is 8.86. The molecule has 0 aliphatic carbocycles. The molecule has 0 spiro atoms. The van der Waals surface area contributed by atoms with Gasteiger partial charge in [-0.15, -0.1) is 11.8 Å². The second-order valence-electron chi connectivity index (χ2n) is 6.41. The van der Waals surface area contributed by atoms with E-state index in [-0.39, 0.29) is 0 Å². The third-order valence-electron chi connectivity index (χ3n) is 4.69. The standard InChI is InChI=1S/C21H23N3S/c1-24-14-7-12-19(24)22-13-15-25-21-17-10-5-6-11-18(17)23-20(21)16-8-3-2-4-9-16/h2-6,8-11,23H,7,12-15H2,1H3/b22-19+. The number of likely N-dealkylation sites (tertiary alicyclic amines) is 1. The summed E-state index contributed by atoms with van der Waals surface area (Å²) < 4.78 is 0. The van der Waals surface area contributed by atoms with Crippen molar-refractivity contribution in [2.45, 2.75) is 17.7 Å². The highest BCUT2D eigenvalue weighted by atomic mass is 32.2. The number of hydrogen-bond donors (Lipinski definition) is 1. The number of amidine groups is 1. The quantitative estimate of drug-likeness (QED) is 0.516. The van der Waals surface area contributed by atoms with Gasteiger partial charge in [-0.1, -0.05) is 48.5 Å². The van der Waals surface area contributed by atoms with Crippen LogP contribution in [0.15, 0.2) is 64.5 Å². The molecule has 1 aliphatic rings. The first kappa shape index (κ1) is 16.3. The zero-order valence-electron chi connectivity index (χ0n) is 14.5. The van der Waals surface area contributed by atoms with Crippen molar-refractivity contribution in [2.24, 2.45) is 4.99 Å². The van der Waals surface area contributed by atoms with Crippen molar-refractivity contribution in [3.8, 4) is 11.3 Å². The van der Waals surface area contributed by atoms with E-state index in [9.17, 15) is 0 Å². The molecule has 0 bridgehead atoms. The number of hydrogen-bond acceptors (Lipinski definition) is 2. The van der Waals surface area contributed by atoms with E-state index in [2.05, 4.69) is 71.5 Å². The summed E-state index contributed by atoms with van der Waals surface area (Å²) >= 11 is 1.91. The van der Waals surface area contributed by atoms with Crippen LogP contribution in [-0.2, 0) is 0 Å². The van der Waals surface area contributed by atoms with Crippen LogP contribution in [0.3, 0.4) is 0 Å². The summed E-state index contributed by atoms with van der Waals surface area (Å²) in [4.78, 5) is 12.0. The molecule has 3 nitrogen and oxygen atoms in total. The number of aliphatic imine (C=N–C) groups is 1. The normalized spacial score (nSPS) is 16.2. The second kappa shape index (κ2) is 7.36. The molecule has 4 heteroatoms. The monoisotopic (exact) mass is 349 g/mol. The predicted molar refractivity (Wildman–Crippen MR) is 109 cm³/mol.